The molecule has 1 aromatic heterocycles. The van der Waals surface area contributed by atoms with Crippen LogP contribution < -0.4 is 0 Å². The first-order valence-corrected chi connectivity index (χ1v) is 5.51. The number of benzene rings is 1. The molecule has 0 aliphatic rings. The summed E-state index contributed by atoms with van der Waals surface area (Å²) >= 11 is 1.63. The van der Waals surface area contributed by atoms with Gasteiger partial charge >= 0.3 is 0 Å². The predicted octanol–water partition coefficient (Wildman–Crippen LogP) is 3.30. The Kier molecular flexibility index (Phi) is 2.53. The average Bonchev–Trinajstić information content (AvgIpc) is 2.64. The molecule has 2 rings (SSSR count). The van der Waals surface area contributed by atoms with Gasteiger partial charge in [-0.3, -0.25) is 0 Å². The van der Waals surface area contributed by atoms with Crippen LogP contribution >= 0.6 is 11.3 Å². The van der Waals surface area contributed by atoms with Crippen molar-refractivity contribution in [3.63, 3.8) is 0 Å². The summed E-state index contributed by atoms with van der Waals surface area (Å²) in [5.41, 5.74) is 5.79. The number of nitriles is 1. The van der Waals surface area contributed by atoms with Crippen LogP contribution in [0.15, 0.2) is 23.7 Å². The van der Waals surface area contributed by atoms with E-state index in [-0.39, 0.29) is 0 Å². The van der Waals surface area contributed by atoms with Crippen LogP contribution in [0.1, 0.15) is 16.8 Å². The van der Waals surface area contributed by atoms with E-state index in [0.717, 1.165) is 22.4 Å². The average molecular weight is 214 g/mol. The zero-order chi connectivity index (χ0) is 10.8. The second-order valence-corrected chi connectivity index (χ2v) is 4.26. The Bertz CT molecular complexity index is 535. The van der Waals surface area contributed by atoms with Gasteiger partial charge in [-0.05, 0) is 37.1 Å². The lowest BCUT2D eigenvalue weighted by atomic mass is 10.0. The smallest absolute Gasteiger partial charge is 0.0994 e. The van der Waals surface area contributed by atoms with E-state index in [9.17, 15) is 0 Å². The molecule has 0 aliphatic carbocycles. The van der Waals surface area contributed by atoms with Gasteiger partial charge in [-0.25, -0.2) is 4.98 Å². The van der Waals surface area contributed by atoms with Gasteiger partial charge in [0.25, 0.3) is 0 Å². The first-order chi connectivity index (χ1) is 7.22. The molecule has 0 aliphatic heterocycles. The number of aryl methyl sites for hydroxylation is 2. The monoisotopic (exact) mass is 214 g/mol. The van der Waals surface area contributed by atoms with Crippen molar-refractivity contribution in [3.8, 4) is 16.5 Å². The third-order valence-corrected chi connectivity index (χ3v) is 3.33. The highest BCUT2D eigenvalue weighted by molar-refractivity contribution is 7.13. The van der Waals surface area contributed by atoms with Gasteiger partial charge in [0.15, 0.2) is 0 Å². The fourth-order valence-electron chi connectivity index (χ4n) is 1.51. The van der Waals surface area contributed by atoms with Crippen molar-refractivity contribution >= 4 is 11.3 Å². The number of thiazole rings is 1. The number of hydrogen-bond acceptors (Lipinski definition) is 3. The molecule has 0 amide bonds. The van der Waals surface area contributed by atoms with Crippen molar-refractivity contribution in [2.24, 2.45) is 0 Å². The minimum Gasteiger partial charge on any atom is -0.249 e. The highest BCUT2D eigenvalue weighted by Gasteiger charge is 2.06. The normalized spacial score (nSPS) is 9.93. The standard InChI is InChI=1S/C12H10N2S/c1-8-5-10(3-4-11(8)6-13)12-9(2)14-7-15-12/h3-5,7H,1-2H3. The maximum Gasteiger partial charge on any atom is 0.0994 e. The van der Waals surface area contributed by atoms with Crippen molar-refractivity contribution in [3.05, 3.63) is 40.5 Å². The summed E-state index contributed by atoms with van der Waals surface area (Å²) in [6, 6.07) is 8.05. The SMILES string of the molecule is Cc1cc(-c2scnc2C)ccc1C#N. The molecule has 0 saturated heterocycles. The fraction of sp³-hybridized carbons (Fsp3) is 0.167. The molecule has 0 unspecified atom stereocenters. The third-order valence-electron chi connectivity index (χ3n) is 2.35. The lowest BCUT2D eigenvalue weighted by Crippen LogP contribution is -1.84. The van der Waals surface area contributed by atoms with Crippen LogP contribution in [0, 0.1) is 25.2 Å². The van der Waals surface area contributed by atoms with E-state index >= 15 is 0 Å². The quantitative estimate of drug-likeness (QED) is 0.730. The number of aromatic nitrogens is 1. The molecule has 0 atom stereocenters. The van der Waals surface area contributed by atoms with Gasteiger partial charge in [-0.1, -0.05) is 6.07 Å². The molecular weight excluding hydrogens is 204 g/mol. The van der Waals surface area contributed by atoms with Crippen LogP contribution in [0.4, 0.5) is 0 Å². The van der Waals surface area contributed by atoms with Gasteiger partial charge in [0.2, 0.25) is 0 Å². The molecule has 0 saturated carbocycles. The summed E-state index contributed by atoms with van der Waals surface area (Å²) < 4.78 is 0. The summed E-state index contributed by atoms with van der Waals surface area (Å²) in [7, 11) is 0. The molecule has 74 valence electrons. The third kappa shape index (κ3) is 1.77. The van der Waals surface area contributed by atoms with Crippen molar-refractivity contribution in [1.29, 1.82) is 5.26 Å². The van der Waals surface area contributed by atoms with E-state index in [1.54, 1.807) is 11.3 Å². The Morgan fingerprint density at radius 1 is 1.33 bits per heavy atom. The summed E-state index contributed by atoms with van der Waals surface area (Å²) in [5, 5.41) is 8.83. The van der Waals surface area contributed by atoms with Gasteiger partial charge in [0.05, 0.1) is 27.7 Å². The van der Waals surface area contributed by atoms with E-state index < -0.39 is 0 Å². The molecule has 1 heterocycles. The van der Waals surface area contributed by atoms with Gasteiger partial charge < -0.3 is 0 Å². The first kappa shape index (κ1) is 9.88. The summed E-state index contributed by atoms with van der Waals surface area (Å²) in [6.07, 6.45) is 0. The van der Waals surface area contributed by atoms with E-state index in [1.165, 1.54) is 4.88 Å². The maximum absolute atomic E-state index is 8.83. The van der Waals surface area contributed by atoms with Crippen LogP contribution in [0.25, 0.3) is 10.4 Å². The van der Waals surface area contributed by atoms with Gasteiger partial charge in [-0.2, -0.15) is 5.26 Å². The maximum atomic E-state index is 8.83. The highest BCUT2D eigenvalue weighted by atomic mass is 32.1. The topological polar surface area (TPSA) is 36.7 Å². The van der Waals surface area contributed by atoms with E-state index in [0.29, 0.717) is 0 Å². The zero-order valence-corrected chi connectivity index (χ0v) is 9.43. The molecule has 3 heteroatoms. The lowest BCUT2D eigenvalue weighted by molar-refractivity contribution is 1.27. The van der Waals surface area contributed by atoms with Crippen LogP contribution in [0.3, 0.4) is 0 Å². The largest absolute Gasteiger partial charge is 0.249 e. The second kappa shape index (κ2) is 3.84. The Labute approximate surface area is 92.8 Å². The molecule has 0 fully saturated rings. The fourth-order valence-corrected chi connectivity index (χ4v) is 2.31. The molecule has 2 nitrogen and oxygen atoms in total. The number of rotatable bonds is 1. The van der Waals surface area contributed by atoms with Crippen LogP contribution in [-0.2, 0) is 0 Å². The van der Waals surface area contributed by atoms with Crippen molar-refractivity contribution < 1.29 is 0 Å². The molecule has 0 spiro atoms. The van der Waals surface area contributed by atoms with Crippen molar-refractivity contribution in [2.75, 3.05) is 0 Å². The minimum atomic E-state index is 0.737. The summed E-state index contributed by atoms with van der Waals surface area (Å²) in [4.78, 5) is 5.40. The van der Waals surface area contributed by atoms with E-state index in [2.05, 4.69) is 11.1 Å². The highest BCUT2D eigenvalue weighted by Crippen LogP contribution is 2.28. The Balaban J connectivity index is 2.53. The van der Waals surface area contributed by atoms with Gasteiger partial charge in [0.1, 0.15) is 0 Å². The molecule has 1 aromatic carbocycles. The van der Waals surface area contributed by atoms with Crippen LogP contribution in [0.5, 0.6) is 0 Å². The van der Waals surface area contributed by atoms with Gasteiger partial charge in [0, 0.05) is 0 Å². The Hall–Kier alpha value is -1.66. The zero-order valence-electron chi connectivity index (χ0n) is 8.61. The number of nitrogens with zero attached hydrogens (tertiary/aromatic N) is 2. The van der Waals surface area contributed by atoms with Crippen molar-refractivity contribution in [1.82, 2.24) is 4.98 Å². The summed E-state index contributed by atoms with van der Waals surface area (Å²) in [5.74, 6) is 0. The van der Waals surface area contributed by atoms with Crippen molar-refractivity contribution in [2.45, 2.75) is 13.8 Å². The Morgan fingerprint density at radius 3 is 2.67 bits per heavy atom. The lowest BCUT2D eigenvalue weighted by Gasteiger charge is -2.02. The molecule has 0 N–H and O–H groups in total. The first-order valence-electron chi connectivity index (χ1n) is 4.63. The number of hydrogen-bond donors (Lipinski definition) is 0. The van der Waals surface area contributed by atoms with Crippen LogP contribution in [0.2, 0.25) is 0 Å². The molecule has 2 aromatic rings. The molecule has 0 bridgehead atoms. The predicted molar refractivity (Wildman–Crippen MR) is 61.7 cm³/mol. The molecule has 0 radical (unpaired) electrons. The Morgan fingerprint density at radius 2 is 2.13 bits per heavy atom. The summed E-state index contributed by atoms with van der Waals surface area (Å²) in [6.45, 7) is 3.96. The van der Waals surface area contributed by atoms with Gasteiger partial charge in [-0.15, -0.1) is 11.3 Å². The second-order valence-electron chi connectivity index (χ2n) is 3.41. The molecule has 15 heavy (non-hydrogen) atoms. The molecular formula is C12H10N2S. The van der Waals surface area contributed by atoms with E-state index in [4.69, 9.17) is 5.26 Å². The van der Waals surface area contributed by atoms with E-state index in [1.807, 2.05) is 37.6 Å². The van der Waals surface area contributed by atoms with Crippen LogP contribution in [-0.4, -0.2) is 4.98 Å². The minimum absolute atomic E-state index is 0.737.